The van der Waals surface area contributed by atoms with Crippen molar-refractivity contribution >= 4 is 16.9 Å². The van der Waals surface area contributed by atoms with Crippen molar-refractivity contribution in [3.63, 3.8) is 0 Å². The number of carbonyl (C=O) groups is 1. The summed E-state index contributed by atoms with van der Waals surface area (Å²) in [7, 11) is 7.66. The summed E-state index contributed by atoms with van der Waals surface area (Å²) in [5.74, 6) is 0.470. The lowest BCUT2D eigenvalue weighted by Crippen LogP contribution is -2.18. The van der Waals surface area contributed by atoms with Crippen LogP contribution in [0.1, 0.15) is 23.0 Å². The Balaban J connectivity index is 2.61. The van der Waals surface area contributed by atoms with Gasteiger partial charge >= 0.3 is 5.97 Å². The first-order chi connectivity index (χ1) is 10.5. The molecular formula is C17H24N2O3. The highest BCUT2D eigenvalue weighted by molar-refractivity contribution is 6.06. The zero-order valence-corrected chi connectivity index (χ0v) is 14.0. The Morgan fingerprint density at radius 2 is 2.05 bits per heavy atom. The molecule has 0 saturated heterocycles. The molecule has 5 heteroatoms. The lowest BCUT2D eigenvalue weighted by molar-refractivity contribution is 0.0527. The average Bonchev–Trinajstić information content (AvgIpc) is 2.77. The fourth-order valence-corrected chi connectivity index (χ4v) is 2.66. The van der Waals surface area contributed by atoms with E-state index in [1.165, 1.54) is 0 Å². The first-order valence-corrected chi connectivity index (χ1v) is 7.46. The van der Waals surface area contributed by atoms with Crippen LogP contribution in [0.3, 0.4) is 0 Å². The highest BCUT2D eigenvalue weighted by Gasteiger charge is 2.22. The van der Waals surface area contributed by atoms with Crippen molar-refractivity contribution in [2.45, 2.75) is 13.3 Å². The molecule has 1 aromatic carbocycles. The summed E-state index contributed by atoms with van der Waals surface area (Å²) >= 11 is 0. The molecule has 1 aromatic heterocycles. The maximum Gasteiger partial charge on any atom is 0.340 e. The van der Waals surface area contributed by atoms with E-state index in [0.29, 0.717) is 12.2 Å². The largest absolute Gasteiger partial charge is 0.497 e. The van der Waals surface area contributed by atoms with E-state index in [0.717, 1.165) is 35.3 Å². The molecule has 120 valence electrons. The molecule has 0 saturated carbocycles. The molecule has 0 fully saturated rings. The van der Waals surface area contributed by atoms with Gasteiger partial charge in [0.1, 0.15) is 5.75 Å². The monoisotopic (exact) mass is 304 g/mol. The van der Waals surface area contributed by atoms with E-state index >= 15 is 0 Å². The van der Waals surface area contributed by atoms with E-state index in [1.807, 2.05) is 46.3 Å². The van der Waals surface area contributed by atoms with Gasteiger partial charge in [-0.3, -0.25) is 0 Å². The summed E-state index contributed by atoms with van der Waals surface area (Å²) in [6.07, 6.45) is 0.786. The molecule has 2 rings (SSSR count). The minimum absolute atomic E-state index is 0.268. The standard InChI is InChI=1S/C17H24N2O3/c1-6-22-17(20)16-13-11-12(21-5)7-8-14(13)19(4)15(16)9-10-18(2)3/h7-8,11H,6,9-10H2,1-5H3. The number of hydrogen-bond donors (Lipinski definition) is 0. The maximum atomic E-state index is 12.4. The number of aromatic nitrogens is 1. The molecule has 0 amide bonds. The molecule has 0 bridgehead atoms. The zero-order valence-electron chi connectivity index (χ0n) is 14.0. The van der Waals surface area contributed by atoms with E-state index in [1.54, 1.807) is 7.11 Å². The third-order valence-electron chi connectivity index (χ3n) is 3.80. The molecule has 1 heterocycles. The Labute approximate surface area is 131 Å². The smallest absolute Gasteiger partial charge is 0.340 e. The van der Waals surface area contributed by atoms with E-state index in [-0.39, 0.29) is 5.97 Å². The summed E-state index contributed by atoms with van der Waals surface area (Å²) in [6, 6.07) is 5.80. The van der Waals surface area contributed by atoms with Crippen molar-refractivity contribution in [2.75, 3.05) is 34.4 Å². The van der Waals surface area contributed by atoms with Crippen LogP contribution in [0.4, 0.5) is 0 Å². The second kappa shape index (κ2) is 6.83. The van der Waals surface area contributed by atoms with Gasteiger partial charge in [-0.2, -0.15) is 0 Å². The number of hydrogen-bond acceptors (Lipinski definition) is 4. The summed E-state index contributed by atoms with van der Waals surface area (Å²) < 4.78 is 12.6. The number of aryl methyl sites for hydroxylation is 1. The second-order valence-corrected chi connectivity index (χ2v) is 5.54. The number of methoxy groups -OCH3 is 1. The van der Waals surface area contributed by atoms with Crippen LogP contribution >= 0.6 is 0 Å². The van der Waals surface area contributed by atoms with Gasteiger partial charge in [0.15, 0.2) is 0 Å². The van der Waals surface area contributed by atoms with Crippen molar-refractivity contribution in [3.05, 3.63) is 29.5 Å². The Hall–Kier alpha value is -2.01. The van der Waals surface area contributed by atoms with Crippen molar-refractivity contribution in [1.82, 2.24) is 9.47 Å². The summed E-state index contributed by atoms with van der Waals surface area (Å²) in [6.45, 7) is 3.06. The Bertz CT molecular complexity index is 674. The number of likely N-dealkylation sites (N-methyl/N-ethyl adjacent to an activating group) is 1. The molecule has 0 unspecified atom stereocenters. The number of ether oxygens (including phenoxy) is 2. The van der Waals surface area contributed by atoms with Gasteiger partial charge in [0.05, 0.1) is 19.3 Å². The van der Waals surface area contributed by atoms with Gasteiger partial charge in [0.2, 0.25) is 0 Å². The van der Waals surface area contributed by atoms with Crippen LogP contribution < -0.4 is 4.74 Å². The predicted octanol–water partition coefficient (Wildman–Crippen LogP) is 2.47. The molecular weight excluding hydrogens is 280 g/mol. The second-order valence-electron chi connectivity index (χ2n) is 5.54. The highest BCUT2D eigenvalue weighted by Crippen LogP contribution is 2.30. The van der Waals surface area contributed by atoms with Gasteiger partial charge < -0.3 is 18.9 Å². The van der Waals surface area contributed by atoms with Crippen molar-refractivity contribution in [2.24, 2.45) is 7.05 Å². The van der Waals surface area contributed by atoms with Gasteiger partial charge in [0, 0.05) is 36.6 Å². The normalized spacial score (nSPS) is 11.2. The number of carbonyl (C=O) groups excluding carboxylic acids is 1. The predicted molar refractivity (Wildman–Crippen MR) is 87.7 cm³/mol. The quantitative estimate of drug-likeness (QED) is 0.769. The molecule has 0 atom stereocenters. The minimum Gasteiger partial charge on any atom is -0.497 e. The minimum atomic E-state index is -0.268. The molecule has 0 spiro atoms. The Morgan fingerprint density at radius 3 is 2.64 bits per heavy atom. The Morgan fingerprint density at radius 1 is 1.32 bits per heavy atom. The van der Waals surface area contributed by atoms with Crippen LogP contribution in [0.2, 0.25) is 0 Å². The van der Waals surface area contributed by atoms with E-state index in [2.05, 4.69) is 9.47 Å². The molecule has 0 aliphatic carbocycles. The first-order valence-electron chi connectivity index (χ1n) is 7.46. The number of nitrogens with zero attached hydrogens (tertiary/aromatic N) is 2. The summed E-state index contributed by atoms with van der Waals surface area (Å²) in [5, 5.41) is 0.883. The van der Waals surface area contributed by atoms with Crippen LogP contribution in [0.15, 0.2) is 18.2 Å². The van der Waals surface area contributed by atoms with Gasteiger partial charge in [-0.05, 0) is 39.2 Å². The maximum absolute atomic E-state index is 12.4. The zero-order chi connectivity index (χ0) is 16.3. The lowest BCUT2D eigenvalue weighted by atomic mass is 10.1. The van der Waals surface area contributed by atoms with Gasteiger partial charge in [0.25, 0.3) is 0 Å². The molecule has 0 aliphatic heterocycles. The number of rotatable bonds is 6. The van der Waals surface area contributed by atoms with Gasteiger partial charge in [-0.1, -0.05) is 0 Å². The molecule has 2 aromatic rings. The van der Waals surface area contributed by atoms with Crippen LogP contribution in [-0.4, -0.2) is 49.8 Å². The SMILES string of the molecule is CCOC(=O)c1c(CCN(C)C)n(C)c2ccc(OC)cc12. The topological polar surface area (TPSA) is 43.7 Å². The third-order valence-corrected chi connectivity index (χ3v) is 3.80. The van der Waals surface area contributed by atoms with Crippen LogP contribution in [0.5, 0.6) is 5.75 Å². The fourth-order valence-electron chi connectivity index (χ4n) is 2.66. The molecule has 0 aliphatic rings. The highest BCUT2D eigenvalue weighted by atomic mass is 16.5. The first kappa shape index (κ1) is 16.4. The Kier molecular flexibility index (Phi) is 5.08. The lowest BCUT2D eigenvalue weighted by Gasteiger charge is -2.12. The van der Waals surface area contributed by atoms with Crippen molar-refractivity contribution in [3.8, 4) is 5.75 Å². The number of esters is 1. The number of fused-ring (bicyclic) bond motifs is 1. The van der Waals surface area contributed by atoms with Crippen LogP contribution in [0.25, 0.3) is 10.9 Å². The summed E-state index contributed by atoms with van der Waals surface area (Å²) in [4.78, 5) is 14.6. The molecule has 0 radical (unpaired) electrons. The summed E-state index contributed by atoms with van der Waals surface area (Å²) in [5.41, 5.74) is 2.66. The molecule has 22 heavy (non-hydrogen) atoms. The third kappa shape index (κ3) is 3.09. The molecule has 0 N–H and O–H groups in total. The van der Waals surface area contributed by atoms with Gasteiger partial charge in [-0.25, -0.2) is 4.79 Å². The fraction of sp³-hybridized carbons (Fsp3) is 0.471. The van der Waals surface area contributed by atoms with Crippen LogP contribution in [-0.2, 0) is 18.2 Å². The van der Waals surface area contributed by atoms with Gasteiger partial charge in [-0.15, -0.1) is 0 Å². The molecule has 5 nitrogen and oxygen atoms in total. The van der Waals surface area contributed by atoms with Crippen LogP contribution in [0, 0.1) is 0 Å². The average molecular weight is 304 g/mol. The van der Waals surface area contributed by atoms with Crippen molar-refractivity contribution in [1.29, 1.82) is 0 Å². The van der Waals surface area contributed by atoms with Crippen molar-refractivity contribution < 1.29 is 14.3 Å². The van der Waals surface area contributed by atoms with E-state index in [4.69, 9.17) is 9.47 Å². The number of benzene rings is 1. The van der Waals surface area contributed by atoms with E-state index < -0.39 is 0 Å². The van der Waals surface area contributed by atoms with E-state index in [9.17, 15) is 4.79 Å².